The van der Waals surface area contributed by atoms with Gasteiger partial charge in [-0.1, -0.05) is 0 Å². The lowest BCUT2D eigenvalue weighted by molar-refractivity contribution is -0.123. The molecule has 1 heterocycles. The molecular weight excluding hydrogens is 204 g/mol. The highest BCUT2D eigenvalue weighted by Crippen LogP contribution is 2.20. The summed E-state index contributed by atoms with van der Waals surface area (Å²) in [5, 5.41) is 26.8. The van der Waals surface area contributed by atoms with Gasteiger partial charge in [0.15, 0.2) is 6.29 Å². The summed E-state index contributed by atoms with van der Waals surface area (Å²) in [5.74, 6) is -0.859. The van der Waals surface area contributed by atoms with Crippen LogP contribution in [0.1, 0.15) is 0 Å². The van der Waals surface area contributed by atoms with E-state index in [1.165, 1.54) is 0 Å². The van der Waals surface area contributed by atoms with Crippen molar-refractivity contribution in [2.75, 3.05) is 5.75 Å². The number of ether oxygens (including phenoxy) is 1. The highest BCUT2D eigenvalue weighted by molar-refractivity contribution is 7.85. The van der Waals surface area contributed by atoms with E-state index in [0.717, 1.165) is 0 Å². The molecule has 13 heavy (non-hydrogen) atoms. The summed E-state index contributed by atoms with van der Waals surface area (Å²) < 4.78 is 33.6. The van der Waals surface area contributed by atoms with Crippen LogP contribution in [0.4, 0.5) is 0 Å². The first kappa shape index (κ1) is 10.8. The van der Waals surface area contributed by atoms with Gasteiger partial charge in [-0.15, -0.1) is 0 Å². The molecule has 0 saturated carbocycles. The summed E-state index contributed by atoms with van der Waals surface area (Å²) >= 11 is 0. The fourth-order valence-corrected chi connectivity index (χ4v) is 1.77. The largest absolute Gasteiger partial charge is 0.387 e. The van der Waals surface area contributed by atoms with Gasteiger partial charge in [-0.05, 0) is 0 Å². The number of aliphatic hydroxyl groups is 3. The molecule has 0 radical (unpaired) electrons. The minimum absolute atomic E-state index is 0.859. The van der Waals surface area contributed by atoms with Crippen LogP contribution in [-0.4, -0.2) is 58.6 Å². The van der Waals surface area contributed by atoms with Gasteiger partial charge in [0.2, 0.25) is 0 Å². The molecule has 0 amide bonds. The molecule has 78 valence electrons. The van der Waals surface area contributed by atoms with Crippen LogP contribution in [0.5, 0.6) is 0 Å². The summed E-state index contributed by atoms with van der Waals surface area (Å²) in [4.78, 5) is 0. The van der Waals surface area contributed by atoms with Crippen LogP contribution in [0.25, 0.3) is 0 Å². The molecule has 1 rings (SSSR count). The molecular formula is C5H10O7S. The number of hydrogen-bond acceptors (Lipinski definition) is 6. The van der Waals surface area contributed by atoms with E-state index in [-0.39, 0.29) is 0 Å². The number of rotatable bonds is 2. The van der Waals surface area contributed by atoms with Crippen molar-refractivity contribution in [1.82, 2.24) is 0 Å². The van der Waals surface area contributed by atoms with Crippen molar-refractivity contribution in [3.8, 4) is 0 Å². The van der Waals surface area contributed by atoms with Gasteiger partial charge in [0.05, 0.1) is 0 Å². The van der Waals surface area contributed by atoms with E-state index < -0.39 is 40.5 Å². The van der Waals surface area contributed by atoms with Crippen LogP contribution in [0.3, 0.4) is 0 Å². The van der Waals surface area contributed by atoms with Crippen LogP contribution in [-0.2, 0) is 14.9 Å². The van der Waals surface area contributed by atoms with Crippen molar-refractivity contribution in [2.24, 2.45) is 0 Å². The van der Waals surface area contributed by atoms with E-state index in [2.05, 4.69) is 4.74 Å². The van der Waals surface area contributed by atoms with Gasteiger partial charge < -0.3 is 20.1 Å². The maximum Gasteiger partial charge on any atom is 0.267 e. The molecule has 4 atom stereocenters. The Bertz CT molecular complexity index is 273. The van der Waals surface area contributed by atoms with Crippen LogP contribution in [0.15, 0.2) is 0 Å². The van der Waals surface area contributed by atoms with Gasteiger partial charge in [-0.3, -0.25) is 4.55 Å². The van der Waals surface area contributed by atoms with Crippen LogP contribution >= 0.6 is 0 Å². The fraction of sp³-hybridized carbons (Fsp3) is 1.00. The smallest absolute Gasteiger partial charge is 0.267 e. The molecule has 1 saturated heterocycles. The Labute approximate surface area is 74.3 Å². The first-order valence-corrected chi connectivity index (χ1v) is 5.07. The summed E-state index contributed by atoms with van der Waals surface area (Å²) in [6.45, 7) is 0. The zero-order chi connectivity index (χ0) is 10.2. The lowest BCUT2D eigenvalue weighted by atomic mass is 10.2. The number of hydrogen-bond donors (Lipinski definition) is 4. The third-order valence-corrected chi connectivity index (χ3v) is 2.46. The predicted molar refractivity (Wildman–Crippen MR) is 39.3 cm³/mol. The van der Waals surface area contributed by atoms with Gasteiger partial charge in [-0.25, -0.2) is 0 Å². The second kappa shape index (κ2) is 3.48. The molecule has 4 N–H and O–H groups in total. The lowest BCUT2D eigenvalue weighted by Gasteiger charge is -2.11. The van der Waals surface area contributed by atoms with E-state index in [9.17, 15) is 8.42 Å². The fourth-order valence-electron chi connectivity index (χ4n) is 1.07. The monoisotopic (exact) mass is 214 g/mol. The molecule has 8 heteroatoms. The first-order valence-electron chi connectivity index (χ1n) is 3.46. The average molecular weight is 214 g/mol. The van der Waals surface area contributed by atoms with E-state index in [1.807, 2.05) is 0 Å². The quantitative estimate of drug-likeness (QED) is 0.369. The normalized spacial score (nSPS) is 40.9. The summed E-state index contributed by atoms with van der Waals surface area (Å²) in [5.41, 5.74) is 0. The van der Waals surface area contributed by atoms with Crippen molar-refractivity contribution in [1.29, 1.82) is 0 Å². The van der Waals surface area contributed by atoms with Crippen molar-refractivity contribution in [3.63, 3.8) is 0 Å². The molecule has 0 aromatic heterocycles. The third kappa shape index (κ3) is 2.59. The van der Waals surface area contributed by atoms with Gasteiger partial charge in [0, 0.05) is 0 Å². The van der Waals surface area contributed by atoms with Crippen molar-refractivity contribution < 1.29 is 33.0 Å². The maximum atomic E-state index is 10.3. The second-order valence-electron chi connectivity index (χ2n) is 2.79. The van der Waals surface area contributed by atoms with E-state index in [0.29, 0.717) is 0 Å². The first-order chi connectivity index (χ1) is 5.81. The van der Waals surface area contributed by atoms with Gasteiger partial charge >= 0.3 is 0 Å². The number of aliphatic hydroxyl groups excluding tert-OH is 3. The molecule has 1 aliphatic rings. The van der Waals surface area contributed by atoms with Crippen LogP contribution in [0, 0.1) is 0 Å². The SMILES string of the molecule is O=S(=O)(O)C[C@@H]1OC(O)[C@@H](O)[C@@H]1O. The Hall–Kier alpha value is -0.250. The molecule has 1 fully saturated rings. The molecule has 0 aliphatic carbocycles. The lowest BCUT2D eigenvalue weighted by Crippen LogP contribution is -2.35. The Morgan fingerprint density at radius 1 is 1.15 bits per heavy atom. The van der Waals surface area contributed by atoms with Crippen molar-refractivity contribution in [2.45, 2.75) is 24.6 Å². The van der Waals surface area contributed by atoms with E-state index in [1.54, 1.807) is 0 Å². The summed E-state index contributed by atoms with van der Waals surface area (Å²) in [6, 6.07) is 0. The molecule has 0 aromatic rings. The Morgan fingerprint density at radius 2 is 1.69 bits per heavy atom. The highest BCUT2D eigenvalue weighted by atomic mass is 32.2. The Morgan fingerprint density at radius 3 is 2.00 bits per heavy atom. The molecule has 7 nitrogen and oxygen atoms in total. The van der Waals surface area contributed by atoms with Crippen molar-refractivity contribution >= 4 is 10.1 Å². The summed E-state index contributed by atoms with van der Waals surface area (Å²) in [7, 11) is -4.29. The summed E-state index contributed by atoms with van der Waals surface area (Å²) in [6.07, 6.45) is -5.99. The molecule has 0 aromatic carbocycles. The zero-order valence-electron chi connectivity index (χ0n) is 6.44. The Kier molecular flexibility index (Phi) is 2.90. The minimum atomic E-state index is -4.29. The van der Waals surface area contributed by atoms with Gasteiger partial charge in [0.1, 0.15) is 24.1 Å². The van der Waals surface area contributed by atoms with Crippen LogP contribution < -0.4 is 0 Å². The molecule has 0 spiro atoms. The maximum absolute atomic E-state index is 10.3. The topological polar surface area (TPSA) is 124 Å². The minimum Gasteiger partial charge on any atom is -0.387 e. The standard InChI is InChI=1S/C5H10O7S/c6-3-2(1-13(9,10)11)12-5(8)4(3)7/h2-8H,1H2,(H,9,10,11)/t2-,3+,4-,5?/m0/s1. The highest BCUT2D eigenvalue weighted by Gasteiger charge is 2.43. The second-order valence-corrected chi connectivity index (χ2v) is 4.29. The van der Waals surface area contributed by atoms with Gasteiger partial charge in [0.25, 0.3) is 10.1 Å². The van der Waals surface area contributed by atoms with E-state index in [4.69, 9.17) is 19.9 Å². The molecule has 1 aliphatic heterocycles. The van der Waals surface area contributed by atoms with Gasteiger partial charge in [-0.2, -0.15) is 8.42 Å². The Balaban J connectivity index is 2.64. The third-order valence-electron chi connectivity index (χ3n) is 1.71. The zero-order valence-corrected chi connectivity index (χ0v) is 7.25. The van der Waals surface area contributed by atoms with Crippen LogP contribution in [0.2, 0.25) is 0 Å². The average Bonchev–Trinajstić information content (AvgIpc) is 2.15. The molecule has 0 bridgehead atoms. The predicted octanol–water partition coefficient (Wildman–Crippen LogP) is -2.69. The molecule has 1 unspecified atom stereocenters. The van der Waals surface area contributed by atoms with E-state index >= 15 is 0 Å². The van der Waals surface area contributed by atoms with Crippen molar-refractivity contribution in [3.05, 3.63) is 0 Å².